The first kappa shape index (κ1) is 13.8. The lowest BCUT2D eigenvalue weighted by atomic mass is 10.1. The second-order valence-electron chi connectivity index (χ2n) is 4.70. The highest BCUT2D eigenvalue weighted by Crippen LogP contribution is 2.19. The number of nitrogens with one attached hydrogen (secondary N) is 1. The van der Waals surface area contributed by atoms with Crippen molar-refractivity contribution in [3.8, 4) is 0 Å². The molecule has 0 atom stereocenters. The molecule has 2 aromatic rings. The van der Waals surface area contributed by atoms with E-state index < -0.39 is 0 Å². The summed E-state index contributed by atoms with van der Waals surface area (Å²) >= 11 is 6.04. The molecular formula is C15H18ClN3. The summed E-state index contributed by atoms with van der Waals surface area (Å²) in [6, 6.07) is 8.53. The molecule has 0 bridgehead atoms. The Morgan fingerprint density at radius 1 is 1.16 bits per heavy atom. The van der Waals surface area contributed by atoms with Crippen molar-refractivity contribution in [1.82, 2.24) is 9.97 Å². The molecule has 0 aliphatic carbocycles. The Labute approximate surface area is 119 Å². The van der Waals surface area contributed by atoms with Crippen LogP contribution in [0.15, 0.2) is 24.3 Å². The number of aryl methyl sites for hydroxylation is 2. The average molecular weight is 276 g/mol. The highest BCUT2D eigenvalue weighted by molar-refractivity contribution is 6.30. The van der Waals surface area contributed by atoms with Gasteiger partial charge in [0.05, 0.1) is 0 Å². The molecule has 1 aromatic carbocycles. The van der Waals surface area contributed by atoms with E-state index in [1.165, 1.54) is 11.1 Å². The molecule has 19 heavy (non-hydrogen) atoms. The molecule has 0 saturated carbocycles. The van der Waals surface area contributed by atoms with Crippen LogP contribution in [0.3, 0.4) is 0 Å². The second-order valence-corrected chi connectivity index (χ2v) is 5.06. The fraction of sp³-hybridized carbons (Fsp3) is 0.333. The molecule has 0 amide bonds. The highest BCUT2D eigenvalue weighted by Gasteiger charge is 2.06. The number of hydrogen-bond donors (Lipinski definition) is 1. The zero-order chi connectivity index (χ0) is 13.8. The first-order valence-corrected chi connectivity index (χ1v) is 6.74. The molecule has 1 heterocycles. The van der Waals surface area contributed by atoms with Crippen LogP contribution in [0.5, 0.6) is 0 Å². The Bertz CT molecular complexity index is 582. The predicted molar refractivity (Wildman–Crippen MR) is 79.9 cm³/mol. The molecule has 100 valence electrons. The molecule has 0 aliphatic rings. The number of benzene rings is 1. The minimum atomic E-state index is 0.519. The third kappa shape index (κ3) is 3.67. The van der Waals surface area contributed by atoms with Crippen LogP contribution in [0.4, 0.5) is 5.82 Å². The summed E-state index contributed by atoms with van der Waals surface area (Å²) in [6.07, 6.45) is 0.960. The number of nitrogens with zero attached hydrogens (tertiary/aromatic N) is 2. The minimum Gasteiger partial charge on any atom is -0.369 e. The van der Waals surface area contributed by atoms with Crippen molar-refractivity contribution in [2.24, 2.45) is 0 Å². The highest BCUT2D eigenvalue weighted by atomic mass is 35.5. The van der Waals surface area contributed by atoms with Gasteiger partial charge >= 0.3 is 0 Å². The monoisotopic (exact) mass is 275 g/mol. The Hall–Kier alpha value is -1.61. The second kappa shape index (κ2) is 6.02. The van der Waals surface area contributed by atoms with E-state index in [1.807, 2.05) is 13.8 Å². The fourth-order valence-corrected chi connectivity index (χ4v) is 2.17. The number of halogens is 1. The Kier molecular flexibility index (Phi) is 4.38. The van der Waals surface area contributed by atoms with Crippen molar-refractivity contribution in [3.05, 3.63) is 51.9 Å². The van der Waals surface area contributed by atoms with E-state index in [0.717, 1.165) is 24.3 Å². The van der Waals surface area contributed by atoms with Gasteiger partial charge in [-0.2, -0.15) is 0 Å². The summed E-state index contributed by atoms with van der Waals surface area (Å²) < 4.78 is 0. The SMILES string of the molecule is Cc1cccc(CCNc2nc(C)nc(Cl)c2C)c1. The van der Waals surface area contributed by atoms with E-state index in [0.29, 0.717) is 11.0 Å². The average Bonchev–Trinajstić information content (AvgIpc) is 2.35. The third-order valence-electron chi connectivity index (χ3n) is 2.99. The first-order chi connectivity index (χ1) is 9.06. The standard InChI is InChI=1S/C15H18ClN3/c1-10-5-4-6-13(9-10)7-8-17-15-11(2)14(16)18-12(3)19-15/h4-6,9H,7-8H2,1-3H3,(H,17,18,19). The van der Waals surface area contributed by atoms with Gasteiger partial charge in [0.2, 0.25) is 0 Å². The van der Waals surface area contributed by atoms with Crippen LogP contribution in [0.2, 0.25) is 5.15 Å². The topological polar surface area (TPSA) is 37.8 Å². The van der Waals surface area contributed by atoms with Gasteiger partial charge in [-0.1, -0.05) is 41.4 Å². The van der Waals surface area contributed by atoms with Crippen LogP contribution in [0.1, 0.15) is 22.5 Å². The van der Waals surface area contributed by atoms with Crippen LogP contribution >= 0.6 is 11.6 Å². The zero-order valence-corrected chi connectivity index (χ0v) is 12.3. The molecule has 1 N–H and O–H groups in total. The summed E-state index contributed by atoms with van der Waals surface area (Å²) in [5, 5.41) is 3.85. The third-order valence-corrected chi connectivity index (χ3v) is 3.35. The maximum absolute atomic E-state index is 6.04. The predicted octanol–water partition coefficient (Wildman–Crippen LogP) is 3.71. The molecule has 3 nitrogen and oxygen atoms in total. The van der Waals surface area contributed by atoms with Crippen molar-refractivity contribution in [2.75, 3.05) is 11.9 Å². The smallest absolute Gasteiger partial charge is 0.137 e. The number of anilines is 1. The number of aromatic nitrogens is 2. The lowest BCUT2D eigenvalue weighted by molar-refractivity contribution is 0.969. The zero-order valence-electron chi connectivity index (χ0n) is 11.5. The molecule has 0 spiro atoms. The van der Waals surface area contributed by atoms with Crippen molar-refractivity contribution < 1.29 is 0 Å². The molecule has 4 heteroatoms. The van der Waals surface area contributed by atoms with Gasteiger partial charge in [0.1, 0.15) is 16.8 Å². The summed E-state index contributed by atoms with van der Waals surface area (Å²) in [5.41, 5.74) is 3.51. The molecule has 1 aromatic heterocycles. The van der Waals surface area contributed by atoms with Crippen molar-refractivity contribution in [1.29, 1.82) is 0 Å². The lowest BCUT2D eigenvalue weighted by Gasteiger charge is -2.10. The molecular weight excluding hydrogens is 258 g/mol. The maximum Gasteiger partial charge on any atom is 0.137 e. The summed E-state index contributed by atoms with van der Waals surface area (Å²) in [7, 11) is 0. The van der Waals surface area contributed by atoms with Crippen LogP contribution in [-0.2, 0) is 6.42 Å². The van der Waals surface area contributed by atoms with E-state index >= 15 is 0 Å². The van der Waals surface area contributed by atoms with E-state index in [2.05, 4.69) is 46.5 Å². The van der Waals surface area contributed by atoms with Gasteiger partial charge in [0.25, 0.3) is 0 Å². The number of rotatable bonds is 4. The van der Waals surface area contributed by atoms with Gasteiger partial charge in [-0.05, 0) is 32.8 Å². The number of hydrogen-bond acceptors (Lipinski definition) is 3. The Morgan fingerprint density at radius 2 is 1.95 bits per heavy atom. The van der Waals surface area contributed by atoms with Crippen LogP contribution < -0.4 is 5.32 Å². The summed E-state index contributed by atoms with van der Waals surface area (Å²) in [4.78, 5) is 8.50. The van der Waals surface area contributed by atoms with Gasteiger partial charge in [0, 0.05) is 12.1 Å². The normalized spacial score (nSPS) is 10.5. The molecule has 0 unspecified atom stereocenters. The van der Waals surface area contributed by atoms with Gasteiger partial charge < -0.3 is 5.32 Å². The van der Waals surface area contributed by atoms with Gasteiger partial charge in [-0.3, -0.25) is 0 Å². The summed E-state index contributed by atoms with van der Waals surface area (Å²) in [6.45, 7) is 6.71. The molecule has 0 saturated heterocycles. The first-order valence-electron chi connectivity index (χ1n) is 6.36. The maximum atomic E-state index is 6.04. The van der Waals surface area contributed by atoms with Crippen molar-refractivity contribution in [3.63, 3.8) is 0 Å². The van der Waals surface area contributed by atoms with Gasteiger partial charge in [0.15, 0.2) is 0 Å². The molecule has 0 aliphatic heterocycles. The molecule has 2 rings (SSSR count). The quantitative estimate of drug-likeness (QED) is 0.865. The van der Waals surface area contributed by atoms with Crippen molar-refractivity contribution >= 4 is 17.4 Å². The van der Waals surface area contributed by atoms with Crippen molar-refractivity contribution in [2.45, 2.75) is 27.2 Å². The summed E-state index contributed by atoms with van der Waals surface area (Å²) in [5.74, 6) is 1.51. The molecule has 0 radical (unpaired) electrons. The van der Waals surface area contributed by atoms with E-state index in [-0.39, 0.29) is 0 Å². The largest absolute Gasteiger partial charge is 0.369 e. The van der Waals surface area contributed by atoms with E-state index in [9.17, 15) is 0 Å². The fourth-order valence-electron chi connectivity index (χ4n) is 1.96. The van der Waals surface area contributed by atoms with Gasteiger partial charge in [-0.15, -0.1) is 0 Å². The van der Waals surface area contributed by atoms with E-state index in [4.69, 9.17) is 11.6 Å². The van der Waals surface area contributed by atoms with Gasteiger partial charge in [-0.25, -0.2) is 9.97 Å². The minimum absolute atomic E-state index is 0.519. The Morgan fingerprint density at radius 3 is 2.68 bits per heavy atom. The van der Waals surface area contributed by atoms with Crippen LogP contribution in [0.25, 0.3) is 0 Å². The lowest BCUT2D eigenvalue weighted by Crippen LogP contribution is -2.09. The van der Waals surface area contributed by atoms with Crippen LogP contribution in [-0.4, -0.2) is 16.5 Å². The Balaban J connectivity index is 2.00. The van der Waals surface area contributed by atoms with Crippen LogP contribution in [0, 0.1) is 20.8 Å². The molecule has 0 fully saturated rings. The van der Waals surface area contributed by atoms with E-state index in [1.54, 1.807) is 0 Å².